The summed E-state index contributed by atoms with van der Waals surface area (Å²) < 4.78 is 6.36. The minimum absolute atomic E-state index is 0.113. The molecule has 0 bridgehead atoms. The van der Waals surface area contributed by atoms with E-state index in [1.54, 1.807) is 7.11 Å². The lowest BCUT2D eigenvalue weighted by Gasteiger charge is -2.14. The molecule has 0 atom stereocenters. The van der Waals surface area contributed by atoms with Gasteiger partial charge in [0.2, 0.25) is 5.91 Å². The number of methoxy groups -OCH3 is 1. The van der Waals surface area contributed by atoms with E-state index in [0.717, 1.165) is 31.7 Å². The van der Waals surface area contributed by atoms with Gasteiger partial charge in [0, 0.05) is 11.9 Å². The molecule has 126 valence electrons. The van der Waals surface area contributed by atoms with Gasteiger partial charge in [0.25, 0.3) is 0 Å². The Labute approximate surface area is 148 Å². The van der Waals surface area contributed by atoms with E-state index >= 15 is 0 Å². The normalized spacial score (nSPS) is 10.8. The number of para-hydroxylation sites is 1. The van der Waals surface area contributed by atoms with Crippen LogP contribution in [0, 0.1) is 13.8 Å². The lowest BCUT2D eigenvalue weighted by molar-refractivity contribution is -0.114. The van der Waals surface area contributed by atoms with E-state index in [1.807, 2.05) is 44.0 Å². The van der Waals surface area contributed by atoms with Crippen molar-refractivity contribution in [2.75, 3.05) is 30.9 Å². The van der Waals surface area contributed by atoms with E-state index in [0.29, 0.717) is 5.13 Å². The SMILES string of the molecule is COc1cccc2sc(N(C)CC(=O)Nc3nc(C)c(C)s3)nc12. The lowest BCUT2D eigenvalue weighted by Crippen LogP contribution is -2.29. The first-order valence-corrected chi connectivity index (χ1v) is 9.00. The van der Waals surface area contributed by atoms with Crippen LogP contribution in [-0.2, 0) is 4.79 Å². The van der Waals surface area contributed by atoms with Crippen molar-refractivity contribution in [3.63, 3.8) is 0 Å². The average Bonchev–Trinajstić information content (AvgIpc) is 3.10. The molecule has 2 aromatic heterocycles. The summed E-state index contributed by atoms with van der Waals surface area (Å²) in [5.41, 5.74) is 1.76. The summed E-state index contributed by atoms with van der Waals surface area (Å²) in [6.07, 6.45) is 0. The van der Waals surface area contributed by atoms with E-state index in [9.17, 15) is 4.79 Å². The van der Waals surface area contributed by atoms with Crippen molar-refractivity contribution >= 4 is 49.1 Å². The first kappa shape index (κ1) is 16.7. The molecule has 2 heterocycles. The first-order chi connectivity index (χ1) is 11.5. The number of ether oxygens (including phenoxy) is 1. The summed E-state index contributed by atoms with van der Waals surface area (Å²) in [4.78, 5) is 24.1. The Kier molecular flexibility index (Phi) is 4.68. The molecular weight excluding hydrogens is 344 g/mol. The van der Waals surface area contributed by atoms with E-state index in [1.165, 1.54) is 22.7 Å². The average molecular weight is 362 g/mol. The summed E-state index contributed by atoms with van der Waals surface area (Å²) in [6, 6.07) is 5.81. The molecule has 6 nitrogen and oxygen atoms in total. The zero-order chi connectivity index (χ0) is 17.3. The second kappa shape index (κ2) is 6.74. The van der Waals surface area contributed by atoms with Gasteiger partial charge in [0.05, 0.1) is 24.0 Å². The van der Waals surface area contributed by atoms with Crippen molar-refractivity contribution < 1.29 is 9.53 Å². The van der Waals surface area contributed by atoms with Gasteiger partial charge in [-0.1, -0.05) is 17.4 Å². The van der Waals surface area contributed by atoms with Crippen molar-refractivity contribution in [1.82, 2.24) is 9.97 Å². The number of carbonyl (C=O) groups excluding carboxylic acids is 1. The van der Waals surface area contributed by atoms with E-state index in [4.69, 9.17) is 4.74 Å². The third-order valence-electron chi connectivity index (χ3n) is 3.57. The van der Waals surface area contributed by atoms with E-state index in [-0.39, 0.29) is 12.5 Å². The molecule has 1 amide bonds. The second-order valence-corrected chi connectivity index (χ2v) is 7.58. The summed E-state index contributed by atoms with van der Waals surface area (Å²) in [5, 5.41) is 4.25. The zero-order valence-electron chi connectivity index (χ0n) is 13.9. The van der Waals surface area contributed by atoms with Crippen LogP contribution >= 0.6 is 22.7 Å². The van der Waals surface area contributed by atoms with Gasteiger partial charge in [-0.15, -0.1) is 11.3 Å². The van der Waals surface area contributed by atoms with Crippen molar-refractivity contribution in [1.29, 1.82) is 0 Å². The van der Waals surface area contributed by atoms with E-state index < -0.39 is 0 Å². The van der Waals surface area contributed by atoms with Gasteiger partial charge >= 0.3 is 0 Å². The molecule has 8 heteroatoms. The van der Waals surface area contributed by atoms with Crippen LogP contribution in [-0.4, -0.2) is 36.6 Å². The molecule has 1 aromatic carbocycles. The fourth-order valence-electron chi connectivity index (χ4n) is 2.21. The Morgan fingerprint density at radius 2 is 2.08 bits per heavy atom. The smallest absolute Gasteiger partial charge is 0.245 e. The van der Waals surface area contributed by atoms with Gasteiger partial charge in [0.1, 0.15) is 11.3 Å². The lowest BCUT2D eigenvalue weighted by atomic mass is 10.3. The predicted octanol–water partition coefficient (Wildman–Crippen LogP) is 3.45. The van der Waals surface area contributed by atoms with Gasteiger partial charge in [-0.3, -0.25) is 4.79 Å². The molecule has 3 rings (SSSR count). The highest BCUT2D eigenvalue weighted by molar-refractivity contribution is 7.22. The number of hydrogen-bond donors (Lipinski definition) is 1. The number of thiazole rings is 2. The van der Waals surface area contributed by atoms with Crippen LogP contribution in [0.2, 0.25) is 0 Å². The van der Waals surface area contributed by atoms with Crippen LogP contribution in [0.15, 0.2) is 18.2 Å². The second-order valence-electron chi connectivity index (χ2n) is 5.37. The number of benzene rings is 1. The van der Waals surface area contributed by atoms with E-state index in [2.05, 4.69) is 15.3 Å². The van der Waals surface area contributed by atoms with Gasteiger partial charge in [-0.25, -0.2) is 9.97 Å². The number of aromatic nitrogens is 2. The van der Waals surface area contributed by atoms with Gasteiger partial charge < -0.3 is 15.0 Å². The van der Waals surface area contributed by atoms with Crippen LogP contribution in [0.1, 0.15) is 10.6 Å². The highest BCUT2D eigenvalue weighted by atomic mass is 32.1. The minimum atomic E-state index is -0.113. The molecule has 0 aliphatic carbocycles. The molecule has 0 aliphatic rings. The van der Waals surface area contributed by atoms with Crippen LogP contribution in [0.25, 0.3) is 10.2 Å². The summed E-state index contributed by atoms with van der Waals surface area (Å²) in [5.74, 6) is 0.624. The molecule has 1 N–H and O–H groups in total. The number of nitrogens with zero attached hydrogens (tertiary/aromatic N) is 3. The van der Waals surface area contributed by atoms with Crippen LogP contribution in [0.5, 0.6) is 5.75 Å². The summed E-state index contributed by atoms with van der Waals surface area (Å²) in [7, 11) is 3.48. The highest BCUT2D eigenvalue weighted by Crippen LogP contribution is 2.33. The molecule has 0 spiro atoms. The zero-order valence-corrected chi connectivity index (χ0v) is 15.5. The van der Waals surface area contributed by atoms with Crippen LogP contribution in [0.3, 0.4) is 0 Å². The number of aryl methyl sites for hydroxylation is 2. The van der Waals surface area contributed by atoms with Gasteiger partial charge in [-0.05, 0) is 26.0 Å². The maximum absolute atomic E-state index is 12.2. The number of nitrogens with one attached hydrogen (secondary N) is 1. The Hall–Kier alpha value is -2.19. The Morgan fingerprint density at radius 3 is 2.75 bits per heavy atom. The molecule has 0 radical (unpaired) electrons. The van der Waals surface area contributed by atoms with Crippen LogP contribution < -0.4 is 15.0 Å². The largest absolute Gasteiger partial charge is 0.494 e. The molecule has 0 fully saturated rings. The number of amides is 1. The molecule has 0 unspecified atom stereocenters. The monoisotopic (exact) mass is 362 g/mol. The minimum Gasteiger partial charge on any atom is -0.494 e. The number of carbonyl (C=O) groups is 1. The number of fused-ring (bicyclic) bond motifs is 1. The molecule has 24 heavy (non-hydrogen) atoms. The number of likely N-dealkylation sites (N-methyl/N-ethyl adjacent to an activating group) is 1. The first-order valence-electron chi connectivity index (χ1n) is 7.36. The van der Waals surface area contributed by atoms with Crippen molar-refractivity contribution in [2.24, 2.45) is 0 Å². The maximum atomic E-state index is 12.2. The molecular formula is C16H18N4O2S2. The van der Waals surface area contributed by atoms with Gasteiger partial charge in [0.15, 0.2) is 10.3 Å². The third kappa shape index (κ3) is 3.34. The highest BCUT2D eigenvalue weighted by Gasteiger charge is 2.15. The summed E-state index contributed by atoms with van der Waals surface area (Å²) >= 11 is 3.01. The Bertz CT molecular complexity index is 868. The number of hydrogen-bond acceptors (Lipinski definition) is 7. The fraction of sp³-hybridized carbons (Fsp3) is 0.312. The fourth-order valence-corrected chi connectivity index (χ4v) is 3.98. The third-order valence-corrected chi connectivity index (χ3v) is 5.70. The Morgan fingerprint density at radius 1 is 1.29 bits per heavy atom. The van der Waals surface area contributed by atoms with Crippen molar-refractivity contribution in [3.8, 4) is 5.75 Å². The van der Waals surface area contributed by atoms with Crippen LogP contribution in [0.4, 0.5) is 10.3 Å². The maximum Gasteiger partial charge on any atom is 0.245 e. The number of rotatable bonds is 5. The topological polar surface area (TPSA) is 67.3 Å². The predicted molar refractivity (Wildman–Crippen MR) is 99.7 cm³/mol. The van der Waals surface area contributed by atoms with Crippen molar-refractivity contribution in [2.45, 2.75) is 13.8 Å². The molecule has 3 aromatic rings. The van der Waals surface area contributed by atoms with Crippen molar-refractivity contribution in [3.05, 3.63) is 28.8 Å². The molecule has 0 aliphatic heterocycles. The Balaban J connectivity index is 1.72. The molecule has 0 saturated heterocycles. The van der Waals surface area contributed by atoms with Gasteiger partial charge in [-0.2, -0.15) is 0 Å². The quantitative estimate of drug-likeness (QED) is 0.753. The number of anilines is 2. The standard InChI is InChI=1S/C16H18N4O2S2/c1-9-10(2)23-15(17-9)18-13(21)8-20(3)16-19-14-11(22-4)6-5-7-12(14)24-16/h5-7H,8H2,1-4H3,(H,17,18,21). The summed E-state index contributed by atoms with van der Waals surface area (Å²) in [6.45, 7) is 4.13. The molecule has 0 saturated carbocycles.